The van der Waals surface area contributed by atoms with Gasteiger partial charge in [-0.05, 0) is 23.6 Å². The van der Waals surface area contributed by atoms with E-state index >= 15 is 0 Å². The summed E-state index contributed by atoms with van der Waals surface area (Å²) in [4.78, 5) is 12.0. The summed E-state index contributed by atoms with van der Waals surface area (Å²) in [6.45, 7) is 0.992. The summed E-state index contributed by atoms with van der Waals surface area (Å²) in [6.07, 6.45) is -11.6. The second kappa shape index (κ2) is 9.86. The number of ether oxygens (including phenoxy) is 3. The van der Waals surface area contributed by atoms with Gasteiger partial charge in [0.25, 0.3) is 11.6 Å². The van der Waals surface area contributed by atoms with Crippen LogP contribution in [0.15, 0.2) is 54.6 Å². The second-order valence-electron chi connectivity index (χ2n) is 9.74. The lowest BCUT2D eigenvalue weighted by molar-refractivity contribution is -0.376. The monoisotopic (exact) mass is 599 g/mol. The van der Waals surface area contributed by atoms with Crippen molar-refractivity contribution in [1.29, 1.82) is 0 Å². The number of benzene rings is 2. The fourth-order valence-electron chi connectivity index (χ4n) is 5.04. The van der Waals surface area contributed by atoms with Crippen LogP contribution >= 0.6 is 11.6 Å². The fraction of sp³-hybridized carbons (Fsp3) is 0.333. The van der Waals surface area contributed by atoms with Crippen LogP contribution in [0.5, 0.6) is 6.01 Å². The number of aromatic amines is 1. The third-order valence-electron chi connectivity index (χ3n) is 7.20. The third-order valence-corrected chi connectivity index (χ3v) is 7.49. The van der Waals surface area contributed by atoms with E-state index in [0.29, 0.717) is 63.9 Å². The van der Waals surface area contributed by atoms with E-state index in [9.17, 15) is 31.4 Å². The molecule has 216 valence electrons. The summed E-state index contributed by atoms with van der Waals surface area (Å²) in [7, 11) is 0. The average molecular weight is 600 g/mol. The molecule has 2 saturated heterocycles. The number of fused-ring (bicyclic) bond motifs is 2. The first-order chi connectivity index (χ1) is 19.3. The molecule has 4 heterocycles. The zero-order chi connectivity index (χ0) is 29.2. The highest BCUT2D eigenvalue weighted by atomic mass is 35.5. The number of alkyl halides is 6. The minimum atomic E-state index is -5.96. The molecular weight excluding hydrogens is 580 g/mol. The Hall–Kier alpha value is -3.39. The van der Waals surface area contributed by atoms with Crippen molar-refractivity contribution in [3.8, 4) is 28.4 Å². The molecule has 2 aromatic carbocycles. The molecule has 0 spiro atoms. The number of hydrogen-bond donors (Lipinski definition) is 2. The van der Waals surface area contributed by atoms with Gasteiger partial charge in [-0.15, -0.1) is 0 Å². The number of nitrogens with one attached hydrogen (secondary N) is 1. The van der Waals surface area contributed by atoms with E-state index in [4.69, 9.17) is 25.8 Å². The Labute approximate surface area is 233 Å². The van der Waals surface area contributed by atoms with Gasteiger partial charge in [-0.25, -0.2) is 4.98 Å². The molecule has 7 nitrogen and oxygen atoms in total. The maximum absolute atomic E-state index is 13.2. The van der Waals surface area contributed by atoms with Crippen molar-refractivity contribution in [2.45, 2.75) is 42.7 Å². The average Bonchev–Trinajstić information content (AvgIpc) is 3.64. The number of hydrogen-bond acceptors (Lipinski definition) is 6. The predicted octanol–water partition coefficient (Wildman–Crippen LogP) is 6.19. The van der Waals surface area contributed by atoms with E-state index in [0.717, 1.165) is 18.6 Å². The van der Waals surface area contributed by atoms with Crippen molar-refractivity contribution < 1.29 is 45.7 Å². The van der Waals surface area contributed by atoms with Gasteiger partial charge in [0.1, 0.15) is 6.10 Å². The molecule has 0 unspecified atom stereocenters. The Morgan fingerprint density at radius 3 is 2.12 bits per heavy atom. The molecule has 2 aromatic heterocycles. The molecule has 0 bridgehead atoms. The highest BCUT2D eigenvalue weighted by Crippen LogP contribution is 2.50. The highest BCUT2D eigenvalue weighted by Gasteiger charge is 2.71. The number of aliphatic hydroxyl groups is 1. The van der Waals surface area contributed by atoms with Crippen LogP contribution in [0.4, 0.5) is 26.3 Å². The van der Waals surface area contributed by atoms with Crippen molar-refractivity contribution in [2.24, 2.45) is 0 Å². The first-order valence-corrected chi connectivity index (χ1v) is 12.8. The van der Waals surface area contributed by atoms with Gasteiger partial charge in [0, 0.05) is 17.7 Å². The van der Waals surface area contributed by atoms with Gasteiger partial charge in [0.2, 0.25) is 0 Å². The van der Waals surface area contributed by atoms with E-state index in [1.165, 1.54) is 0 Å². The van der Waals surface area contributed by atoms with E-state index < -0.39 is 23.5 Å². The van der Waals surface area contributed by atoms with Gasteiger partial charge in [-0.1, -0.05) is 60.1 Å². The van der Waals surface area contributed by atoms with Crippen molar-refractivity contribution in [3.05, 3.63) is 65.2 Å². The molecule has 41 heavy (non-hydrogen) atoms. The standard InChI is InChI=1S/C27H20ClF6N3O4/c28-17-11-18-23(37-24(35-18)41-20-12-40-19-9-10-39-22(19)20)36-21(17)15-3-1-13(2-4-15)14-5-7-16(8-6-14)25(38,26(29,30)31)27(32,33)34/h1-8,11,19-20,22,38H,9-10,12H2,(H,35,36,37)/t19-,20-,22+/m1/s1. The number of imidazole rings is 1. The minimum Gasteiger partial charge on any atom is -0.456 e. The zero-order valence-electron chi connectivity index (χ0n) is 20.8. The molecule has 0 amide bonds. The Balaban J connectivity index is 1.22. The van der Waals surface area contributed by atoms with Crippen molar-refractivity contribution in [1.82, 2.24) is 15.0 Å². The van der Waals surface area contributed by atoms with Crippen LogP contribution in [0.25, 0.3) is 33.5 Å². The zero-order valence-corrected chi connectivity index (χ0v) is 21.5. The van der Waals surface area contributed by atoms with Crippen molar-refractivity contribution in [2.75, 3.05) is 13.2 Å². The largest absolute Gasteiger partial charge is 0.456 e. The third kappa shape index (κ3) is 4.80. The second-order valence-corrected chi connectivity index (χ2v) is 10.2. The van der Waals surface area contributed by atoms with Gasteiger partial charge in [-0.2, -0.15) is 31.3 Å². The van der Waals surface area contributed by atoms with Crippen LogP contribution in [0.2, 0.25) is 5.02 Å². The molecule has 2 N–H and O–H groups in total. The molecule has 6 rings (SSSR count). The van der Waals surface area contributed by atoms with E-state index in [1.807, 2.05) is 0 Å². The van der Waals surface area contributed by atoms with Crippen LogP contribution in [0, 0.1) is 0 Å². The molecule has 2 aliphatic heterocycles. The number of halogens is 7. The lowest BCUT2D eigenvalue weighted by Crippen LogP contribution is -2.53. The highest BCUT2D eigenvalue weighted by molar-refractivity contribution is 6.33. The summed E-state index contributed by atoms with van der Waals surface area (Å²) >= 11 is 6.48. The van der Waals surface area contributed by atoms with E-state index in [-0.39, 0.29) is 24.3 Å². The quantitative estimate of drug-likeness (QED) is 0.266. The number of aromatic nitrogens is 3. The molecule has 0 saturated carbocycles. The number of rotatable bonds is 5. The molecule has 3 atom stereocenters. The SMILES string of the molecule is OC(c1ccc(-c2ccc(-c3nc4nc(O[C@@H]5CO[C@@H]6CCO[C@@H]65)[nH]c4cc3Cl)cc2)cc1)(C(F)(F)F)C(F)(F)F. The van der Waals surface area contributed by atoms with Gasteiger partial charge < -0.3 is 24.3 Å². The Morgan fingerprint density at radius 2 is 1.49 bits per heavy atom. The molecule has 4 aromatic rings. The van der Waals surface area contributed by atoms with Crippen LogP contribution < -0.4 is 4.74 Å². The van der Waals surface area contributed by atoms with Crippen LogP contribution in [-0.4, -0.2) is 63.9 Å². The Bertz CT molecular complexity index is 1560. The van der Waals surface area contributed by atoms with E-state index in [1.54, 1.807) is 30.3 Å². The van der Waals surface area contributed by atoms with Crippen LogP contribution in [0.1, 0.15) is 12.0 Å². The summed E-state index contributed by atoms with van der Waals surface area (Å²) < 4.78 is 96.4. The molecular formula is C27H20ClF6N3O4. The smallest absolute Gasteiger partial charge is 0.430 e. The Kier molecular flexibility index (Phi) is 6.68. The molecule has 2 fully saturated rings. The van der Waals surface area contributed by atoms with Gasteiger partial charge >= 0.3 is 12.4 Å². The molecule has 2 aliphatic rings. The summed E-state index contributed by atoms with van der Waals surface area (Å²) in [5, 5.41) is 9.91. The summed E-state index contributed by atoms with van der Waals surface area (Å²) in [6, 6.07) is 11.8. The molecule has 0 radical (unpaired) electrons. The summed E-state index contributed by atoms with van der Waals surface area (Å²) in [5.74, 6) is 0. The first kappa shape index (κ1) is 27.8. The van der Waals surface area contributed by atoms with Crippen LogP contribution in [0.3, 0.4) is 0 Å². The lowest BCUT2D eigenvalue weighted by atomic mass is 9.90. The predicted molar refractivity (Wildman–Crippen MR) is 134 cm³/mol. The van der Waals surface area contributed by atoms with E-state index in [2.05, 4.69) is 15.0 Å². The maximum atomic E-state index is 13.2. The number of H-pyrrole nitrogens is 1. The normalized spacial score (nSPS) is 21.4. The topological polar surface area (TPSA) is 89.5 Å². The lowest BCUT2D eigenvalue weighted by Gasteiger charge is -2.32. The molecule has 0 aliphatic carbocycles. The van der Waals surface area contributed by atoms with Crippen molar-refractivity contribution in [3.63, 3.8) is 0 Å². The summed E-state index contributed by atoms with van der Waals surface area (Å²) in [5.41, 5.74) is -3.59. The van der Waals surface area contributed by atoms with Gasteiger partial charge in [-0.3, -0.25) is 0 Å². The van der Waals surface area contributed by atoms with Crippen molar-refractivity contribution >= 4 is 22.8 Å². The minimum absolute atomic E-state index is 0.00692. The number of pyridine rings is 1. The molecule has 14 heteroatoms. The van der Waals surface area contributed by atoms with Crippen LogP contribution in [-0.2, 0) is 15.1 Å². The number of nitrogens with zero attached hydrogens (tertiary/aromatic N) is 2. The first-order valence-electron chi connectivity index (χ1n) is 12.4. The Morgan fingerprint density at radius 1 is 0.878 bits per heavy atom. The fourth-order valence-corrected chi connectivity index (χ4v) is 5.30. The van der Waals surface area contributed by atoms with Gasteiger partial charge in [0.05, 0.1) is 28.9 Å². The van der Waals surface area contributed by atoms with Gasteiger partial charge in [0.15, 0.2) is 11.8 Å². The maximum Gasteiger partial charge on any atom is 0.430 e.